The van der Waals surface area contributed by atoms with Gasteiger partial charge in [0.05, 0.1) is 45.2 Å². The first kappa shape index (κ1) is 51.7. The molecule has 0 aliphatic carbocycles. The van der Waals surface area contributed by atoms with Crippen molar-refractivity contribution in [1.82, 2.24) is 24.5 Å². The molecule has 0 amide bonds. The SMILES string of the molecule is Cc1ccc2c(c1)c1ccccc1n2-c1ccc(-c2cc(-c3ccccc3)nc(-c3ccccc3)n2)cc1-c1cc(-c2ccccc2)nc(-c2cccc(-c3ccc4c5c3N(c3ccccc3)c3ccccc3B5c3ccccc3N4c3ccccc3)c2)n1. The molecule has 2 aliphatic rings. The number of hydrogen-bond donors (Lipinski definition) is 0. The van der Waals surface area contributed by atoms with Crippen LogP contribution in [0.15, 0.2) is 309 Å². The summed E-state index contributed by atoms with van der Waals surface area (Å²) < 4.78 is 2.40. The molecular formula is C81H54BN7. The largest absolute Gasteiger partial charge is 0.311 e. The fraction of sp³-hybridized carbons (Fsp3) is 0.0123. The Morgan fingerprint density at radius 1 is 0.292 bits per heavy atom. The van der Waals surface area contributed by atoms with Gasteiger partial charge in [-0.25, -0.2) is 19.9 Å². The van der Waals surface area contributed by atoms with Gasteiger partial charge in [-0.15, -0.1) is 0 Å². The van der Waals surface area contributed by atoms with Gasteiger partial charge in [-0.3, -0.25) is 0 Å². The van der Waals surface area contributed by atoms with Crippen molar-refractivity contribution in [3.05, 3.63) is 315 Å². The lowest BCUT2D eigenvalue weighted by atomic mass is 9.33. The maximum atomic E-state index is 5.77. The van der Waals surface area contributed by atoms with Gasteiger partial charge in [0.1, 0.15) is 0 Å². The Kier molecular flexibility index (Phi) is 12.4. The third-order valence-electron chi connectivity index (χ3n) is 17.6. The van der Waals surface area contributed by atoms with Gasteiger partial charge in [-0.2, -0.15) is 0 Å². The summed E-state index contributed by atoms with van der Waals surface area (Å²) in [4.78, 5) is 26.8. The molecule has 0 unspecified atom stereocenters. The normalized spacial score (nSPS) is 12.3. The smallest absolute Gasteiger partial charge is 0.252 e. The molecule has 89 heavy (non-hydrogen) atoms. The molecule has 416 valence electrons. The average molecular weight is 1140 g/mol. The van der Waals surface area contributed by atoms with Crippen LogP contribution in [0.5, 0.6) is 0 Å². The zero-order valence-electron chi connectivity index (χ0n) is 48.7. The van der Waals surface area contributed by atoms with Crippen molar-refractivity contribution in [3.63, 3.8) is 0 Å². The van der Waals surface area contributed by atoms with Gasteiger partial charge in [-0.05, 0) is 120 Å². The predicted octanol–water partition coefficient (Wildman–Crippen LogP) is 18.4. The molecule has 0 atom stereocenters. The average Bonchev–Trinajstić information content (AvgIpc) is 1.25. The lowest BCUT2D eigenvalue weighted by Gasteiger charge is -2.45. The van der Waals surface area contributed by atoms with Crippen molar-refractivity contribution < 1.29 is 0 Å². The van der Waals surface area contributed by atoms with Crippen molar-refractivity contribution >= 4 is 79.0 Å². The number of fused-ring (bicyclic) bond motifs is 7. The Hall–Kier alpha value is -11.7. The van der Waals surface area contributed by atoms with E-state index in [0.29, 0.717) is 11.6 Å². The minimum Gasteiger partial charge on any atom is -0.311 e. The highest BCUT2D eigenvalue weighted by Crippen LogP contribution is 2.49. The highest BCUT2D eigenvalue weighted by Gasteiger charge is 2.44. The summed E-state index contributed by atoms with van der Waals surface area (Å²) in [5.74, 6) is 1.26. The molecule has 17 rings (SSSR count). The molecule has 0 bridgehead atoms. The zero-order valence-corrected chi connectivity index (χ0v) is 48.7. The molecule has 0 N–H and O–H groups in total. The minimum absolute atomic E-state index is 0.0374. The first-order valence-corrected chi connectivity index (χ1v) is 30.3. The highest BCUT2D eigenvalue weighted by molar-refractivity contribution is 7.00. The lowest BCUT2D eigenvalue weighted by Crippen LogP contribution is -2.61. The van der Waals surface area contributed by atoms with Crippen LogP contribution in [0.3, 0.4) is 0 Å². The summed E-state index contributed by atoms with van der Waals surface area (Å²) in [7, 11) is 0. The van der Waals surface area contributed by atoms with E-state index in [0.717, 1.165) is 112 Å². The Balaban J connectivity index is 0.901. The summed E-state index contributed by atoms with van der Waals surface area (Å²) in [5, 5.41) is 2.37. The summed E-state index contributed by atoms with van der Waals surface area (Å²) >= 11 is 0. The number of aryl methyl sites for hydroxylation is 1. The van der Waals surface area contributed by atoms with E-state index in [1.54, 1.807) is 0 Å². The van der Waals surface area contributed by atoms with Crippen LogP contribution in [0.2, 0.25) is 0 Å². The second-order valence-corrected chi connectivity index (χ2v) is 23.0. The highest BCUT2D eigenvalue weighted by atomic mass is 15.2. The van der Waals surface area contributed by atoms with Gasteiger partial charge in [0.25, 0.3) is 6.71 Å². The Morgan fingerprint density at radius 3 is 1.46 bits per heavy atom. The van der Waals surface area contributed by atoms with E-state index in [9.17, 15) is 0 Å². The van der Waals surface area contributed by atoms with Crippen molar-refractivity contribution in [2.24, 2.45) is 0 Å². The molecule has 15 aromatic rings. The predicted molar refractivity (Wildman–Crippen MR) is 369 cm³/mol. The van der Waals surface area contributed by atoms with Crippen LogP contribution in [-0.2, 0) is 0 Å². The maximum Gasteiger partial charge on any atom is 0.252 e. The number of nitrogens with zero attached hydrogens (tertiary/aromatic N) is 7. The van der Waals surface area contributed by atoms with Crippen LogP contribution in [-0.4, -0.2) is 31.2 Å². The third kappa shape index (κ3) is 8.83. The van der Waals surface area contributed by atoms with Gasteiger partial charge in [0.15, 0.2) is 11.6 Å². The summed E-state index contributed by atoms with van der Waals surface area (Å²) in [6.07, 6.45) is 0. The standard InChI is InChI=1S/C81H54BN7/c1-53-42-45-73-64(48-53)63-36-17-20-39-72(63)89(73)74-46-43-58(70-51-68(54-24-7-2-8-25-54)83-80(85-70)56-28-11-4-12-29-56)50-65(74)71-52-69(55-26-9-3-10-27-55)84-81(86-71)59-31-23-30-57(49-59)62-44-47-77-78-79(62)88(61-34-15-6-16-35-61)76-41-22-19-38-67(76)82(78)66-37-18-21-40-75(66)87(77)60-32-13-5-14-33-60/h2-52H,1H3. The summed E-state index contributed by atoms with van der Waals surface area (Å²) in [6, 6.07) is 111. The Morgan fingerprint density at radius 2 is 0.787 bits per heavy atom. The van der Waals surface area contributed by atoms with Gasteiger partial charge in [0, 0.05) is 78.2 Å². The zero-order chi connectivity index (χ0) is 58.9. The van der Waals surface area contributed by atoms with Crippen LogP contribution in [0.4, 0.5) is 34.1 Å². The minimum atomic E-state index is -0.0374. The fourth-order valence-corrected chi connectivity index (χ4v) is 13.7. The topological polar surface area (TPSA) is 63.0 Å². The van der Waals surface area contributed by atoms with E-state index in [-0.39, 0.29) is 6.71 Å². The number of rotatable bonds is 10. The molecule has 0 spiro atoms. The monoisotopic (exact) mass is 1140 g/mol. The molecule has 3 aromatic heterocycles. The fourth-order valence-electron chi connectivity index (χ4n) is 13.7. The van der Waals surface area contributed by atoms with Gasteiger partial charge in [-0.1, -0.05) is 224 Å². The molecule has 2 aliphatic heterocycles. The number of anilines is 6. The van der Waals surface area contributed by atoms with E-state index >= 15 is 0 Å². The van der Waals surface area contributed by atoms with E-state index in [4.69, 9.17) is 19.9 Å². The van der Waals surface area contributed by atoms with Crippen molar-refractivity contribution in [2.45, 2.75) is 6.92 Å². The van der Waals surface area contributed by atoms with Crippen molar-refractivity contribution in [3.8, 4) is 84.6 Å². The molecule has 0 saturated carbocycles. The molecule has 7 nitrogen and oxygen atoms in total. The first-order chi connectivity index (χ1) is 44.1. The number of hydrogen-bond acceptors (Lipinski definition) is 6. The molecule has 12 aromatic carbocycles. The second-order valence-electron chi connectivity index (χ2n) is 23.0. The van der Waals surface area contributed by atoms with Gasteiger partial charge < -0.3 is 14.4 Å². The Labute approximate surface area is 516 Å². The van der Waals surface area contributed by atoms with E-state index in [1.807, 2.05) is 24.3 Å². The quantitative estimate of drug-likeness (QED) is 0.127. The maximum absolute atomic E-state index is 5.77. The molecule has 5 heterocycles. The van der Waals surface area contributed by atoms with E-state index in [1.165, 1.54) is 38.4 Å². The van der Waals surface area contributed by atoms with Crippen LogP contribution >= 0.6 is 0 Å². The van der Waals surface area contributed by atoms with Crippen LogP contribution in [0, 0.1) is 6.92 Å². The molecule has 0 saturated heterocycles. The molecule has 0 fully saturated rings. The number of benzene rings is 12. The molecular weight excluding hydrogens is 1080 g/mol. The van der Waals surface area contributed by atoms with E-state index < -0.39 is 0 Å². The second kappa shape index (κ2) is 21.3. The number of aromatic nitrogens is 5. The number of para-hydroxylation sites is 5. The summed E-state index contributed by atoms with van der Waals surface area (Å²) in [5.41, 5.74) is 26.1. The third-order valence-corrected chi connectivity index (χ3v) is 17.6. The van der Waals surface area contributed by atoms with Crippen LogP contribution < -0.4 is 26.2 Å². The lowest BCUT2D eigenvalue weighted by molar-refractivity contribution is 1.15. The van der Waals surface area contributed by atoms with Crippen LogP contribution in [0.25, 0.3) is 106 Å². The molecule has 8 heteroatoms. The van der Waals surface area contributed by atoms with Crippen molar-refractivity contribution in [1.29, 1.82) is 0 Å². The van der Waals surface area contributed by atoms with Gasteiger partial charge in [0.2, 0.25) is 0 Å². The van der Waals surface area contributed by atoms with Crippen LogP contribution in [0.1, 0.15) is 5.56 Å². The van der Waals surface area contributed by atoms with Gasteiger partial charge >= 0.3 is 0 Å². The first-order valence-electron chi connectivity index (χ1n) is 30.3. The summed E-state index contributed by atoms with van der Waals surface area (Å²) in [6.45, 7) is 2.13. The van der Waals surface area contributed by atoms with E-state index in [2.05, 4.69) is 306 Å². The Bertz CT molecular complexity index is 5160. The molecule has 0 radical (unpaired) electrons. The van der Waals surface area contributed by atoms with Crippen molar-refractivity contribution in [2.75, 3.05) is 9.80 Å².